The van der Waals surface area contributed by atoms with E-state index < -0.39 is 6.16 Å². The van der Waals surface area contributed by atoms with Gasteiger partial charge in [-0.2, -0.15) is 0 Å². The summed E-state index contributed by atoms with van der Waals surface area (Å²) < 4.78 is 10.2. The number of benzene rings is 2. The molecule has 0 unspecified atom stereocenters. The topological polar surface area (TPSA) is 35.5 Å². The van der Waals surface area contributed by atoms with Gasteiger partial charge >= 0.3 is 6.16 Å². The van der Waals surface area contributed by atoms with Gasteiger partial charge in [0.2, 0.25) is 0 Å². The molecule has 2 aromatic carbocycles. The molecular formula is C19H18O3. The summed E-state index contributed by atoms with van der Waals surface area (Å²) in [5.41, 5.74) is 1.97. The molecule has 3 heteroatoms. The first-order chi connectivity index (χ1) is 10.8. The second-order valence-electron chi connectivity index (χ2n) is 4.58. The Labute approximate surface area is 130 Å². The zero-order valence-electron chi connectivity index (χ0n) is 12.3. The first-order valence-electron chi connectivity index (χ1n) is 7.04. The summed E-state index contributed by atoms with van der Waals surface area (Å²) in [7, 11) is 0. The van der Waals surface area contributed by atoms with E-state index in [4.69, 9.17) is 9.47 Å². The monoisotopic (exact) mass is 294 g/mol. The van der Waals surface area contributed by atoms with Crippen LogP contribution in [0.2, 0.25) is 0 Å². The van der Waals surface area contributed by atoms with Crippen molar-refractivity contribution in [1.29, 1.82) is 0 Å². The summed E-state index contributed by atoms with van der Waals surface area (Å²) in [6.45, 7) is 3.62. The van der Waals surface area contributed by atoms with Gasteiger partial charge in [0.1, 0.15) is 12.4 Å². The van der Waals surface area contributed by atoms with Crippen molar-refractivity contribution in [2.24, 2.45) is 0 Å². The number of carbonyl (C=O) groups excluding carboxylic acids is 1. The van der Waals surface area contributed by atoms with Crippen LogP contribution in [0.25, 0.3) is 5.76 Å². The number of ether oxygens (including phenoxy) is 2. The Morgan fingerprint density at radius 2 is 1.64 bits per heavy atom. The smallest absolute Gasteiger partial charge is 0.430 e. The first kappa shape index (κ1) is 15.6. The molecule has 0 aromatic heterocycles. The van der Waals surface area contributed by atoms with E-state index in [0.29, 0.717) is 12.2 Å². The Bertz CT molecular complexity index is 630. The van der Waals surface area contributed by atoms with E-state index in [9.17, 15) is 4.79 Å². The molecule has 0 aliphatic heterocycles. The maximum absolute atomic E-state index is 11.7. The van der Waals surface area contributed by atoms with E-state index in [1.807, 2.05) is 66.7 Å². The van der Waals surface area contributed by atoms with Gasteiger partial charge in [0.15, 0.2) is 0 Å². The summed E-state index contributed by atoms with van der Waals surface area (Å²) in [6.07, 6.45) is 3.31. The summed E-state index contributed by atoms with van der Waals surface area (Å²) >= 11 is 0. The van der Waals surface area contributed by atoms with Gasteiger partial charge in [0, 0.05) is 5.56 Å². The summed E-state index contributed by atoms with van der Waals surface area (Å²) in [4.78, 5) is 11.7. The number of hydrogen-bond acceptors (Lipinski definition) is 3. The molecule has 0 saturated carbocycles. The van der Waals surface area contributed by atoms with Gasteiger partial charge in [-0.25, -0.2) is 4.79 Å². The van der Waals surface area contributed by atoms with Crippen LogP contribution in [0.5, 0.6) is 0 Å². The molecule has 0 bridgehead atoms. The fourth-order valence-electron chi connectivity index (χ4n) is 1.89. The maximum Gasteiger partial charge on any atom is 0.514 e. The van der Waals surface area contributed by atoms with Gasteiger partial charge in [0.05, 0.1) is 0 Å². The fraction of sp³-hybridized carbons (Fsp3) is 0.105. The van der Waals surface area contributed by atoms with Crippen molar-refractivity contribution in [2.45, 2.75) is 6.42 Å². The lowest BCUT2D eigenvalue weighted by Gasteiger charge is -2.09. The molecule has 2 rings (SSSR count). The Morgan fingerprint density at radius 3 is 2.27 bits per heavy atom. The largest absolute Gasteiger partial charge is 0.514 e. The molecule has 0 amide bonds. The molecular weight excluding hydrogens is 276 g/mol. The van der Waals surface area contributed by atoms with Crippen LogP contribution in [0.15, 0.2) is 79.4 Å². The third-order valence-electron chi connectivity index (χ3n) is 2.94. The van der Waals surface area contributed by atoms with Crippen molar-refractivity contribution in [1.82, 2.24) is 0 Å². The molecule has 0 fully saturated rings. The standard InChI is InChI=1S/C19H18O3/c1-2-15-21-19(20)22-18(17-11-7-4-8-12-17)14-13-16-9-5-3-6-10-16/h2-12,14H,1,13,15H2/b18-14-. The SMILES string of the molecule is C=CCOC(=O)O/C(=C\Cc1ccccc1)c1ccccc1. The van der Waals surface area contributed by atoms with Gasteiger partial charge in [0.25, 0.3) is 0 Å². The van der Waals surface area contributed by atoms with Crippen LogP contribution < -0.4 is 0 Å². The van der Waals surface area contributed by atoms with Crippen LogP contribution in [0.3, 0.4) is 0 Å². The van der Waals surface area contributed by atoms with Crippen LogP contribution in [-0.2, 0) is 15.9 Å². The lowest BCUT2D eigenvalue weighted by molar-refractivity contribution is 0.100. The van der Waals surface area contributed by atoms with Gasteiger partial charge in [-0.3, -0.25) is 0 Å². The molecule has 22 heavy (non-hydrogen) atoms. The van der Waals surface area contributed by atoms with Crippen LogP contribution in [0.1, 0.15) is 11.1 Å². The van der Waals surface area contributed by atoms with Gasteiger partial charge in [-0.05, 0) is 18.1 Å². The van der Waals surface area contributed by atoms with Crippen LogP contribution in [0, 0.1) is 0 Å². The third kappa shape index (κ3) is 4.94. The van der Waals surface area contributed by atoms with Crippen molar-refractivity contribution < 1.29 is 14.3 Å². The predicted molar refractivity (Wildman–Crippen MR) is 87.2 cm³/mol. The van der Waals surface area contributed by atoms with E-state index >= 15 is 0 Å². The minimum absolute atomic E-state index is 0.125. The molecule has 0 aliphatic carbocycles. The number of carbonyl (C=O) groups is 1. The zero-order chi connectivity index (χ0) is 15.6. The molecule has 0 atom stereocenters. The quantitative estimate of drug-likeness (QED) is 0.443. The molecule has 0 heterocycles. The van der Waals surface area contributed by atoms with E-state index in [1.165, 1.54) is 6.08 Å². The summed E-state index contributed by atoms with van der Waals surface area (Å²) in [5, 5.41) is 0. The second kappa shape index (κ2) is 8.47. The van der Waals surface area contributed by atoms with Gasteiger partial charge < -0.3 is 9.47 Å². The average Bonchev–Trinajstić information content (AvgIpc) is 2.58. The minimum atomic E-state index is -0.733. The van der Waals surface area contributed by atoms with Crippen molar-refractivity contribution in [3.63, 3.8) is 0 Å². The van der Waals surface area contributed by atoms with Gasteiger partial charge in [-0.15, -0.1) is 0 Å². The maximum atomic E-state index is 11.7. The highest BCUT2D eigenvalue weighted by molar-refractivity contribution is 5.73. The molecule has 0 saturated heterocycles. The number of hydrogen-bond donors (Lipinski definition) is 0. The lowest BCUT2D eigenvalue weighted by atomic mass is 10.1. The zero-order valence-corrected chi connectivity index (χ0v) is 12.3. The highest BCUT2D eigenvalue weighted by atomic mass is 16.7. The van der Waals surface area contributed by atoms with E-state index in [0.717, 1.165) is 11.1 Å². The van der Waals surface area contributed by atoms with Crippen LogP contribution in [-0.4, -0.2) is 12.8 Å². The van der Waals surface area contributed by atoms with Crippen molar-refractivity contribution in [3.05, 3.63) is 90.5 Å². The van der Waals surface area contributed by atoms with E-state index in [-0.39, 0.29) is 6.61 Å². The first-order valence-corrected chi connectivity index (χ1v) is 7.04. The summed E-state index contributed by atoms with van der Waals surface area (Å²) in [6, 6.07) is 19.4. The summed E-state index contributed by atoms with van der Waals surface area (Å²) in [5.74, 6) is 0.485. The van der Waals surface area contributed by atoms with Crippen LogP contribution >= 0.6 is 0 Å². The predicted octanol–water partition coefficient (Wildman–Crippen LogP) is 4.61. The second-order valence-corrected chi connectivity index (χ2v) is 4.58. The van der Waals surface area contributed by atoms with Crippen molar-refractivity contribution >= 4 is 11.9 Å². The third-order valence-corrected chi connectivity index (χ3v) is 2.94. The van der Waals surface area contributed by atoms with Gasteiger partial charge in [-0.1, -0.05) is 73.3 Å². The van der Waals surface area contributed by atoms with E-state index in [2.05, 4.69) is 6.58 Å². The Morgan fingerprint density at radius 1 is 1.00 bits per heavy atom. The Kier molecular flexibility index (Phi) is 6.00. The van der Waals surface area contributed by atoms with Crippen LogP contribution in [0.4, 0.5) is 4.79 Å². The molecule has 0 spiro atoms. The molecule has 3 nitrogen and oxygen atoms in total. The Hall–Kier alpha value is -2.81. The average molecular weight is 294 g/mol. The molecule has 0 N–H and O–H groups in total. The number of rotatable bonds is 6. The normalized spacial score (nSPS) is 10.8. The van der Waals surface area contributed by atoms with Crippen molar-refractivity contribution in [3.8, 4) is 0 Å². The molecule has 0 aliphatic rings. The fourth-order valence-corrected chi connectivity index (χ4v) is 1.89. The lowest BCUT2D eigenvalue weighted by Crippen LogP contribution is -2.07. The minimum Gasteiger partial charge on any atom is -0.430 e. The highest BCUT2D eigenvalue weighted by Crippen LogP contribution is 2.18. The molecule has 0 radical (unpaired) electrons. The molecule has 2 aromatic rings. The van der Waals surface area contributed by atoms with E-state index in [1.54, 1.807) is 0 Å². The van der Waals surface area contributed by atoms with Crippen molar-refractivity contribution in [2.75, 3.05) is 6.61 Å². The molecule has 112 valence electrons. The Balaban J connectivity index is 2.14. The number of allylic oxidation sites excluding steroid dienone is 1. The highest BCUT2D eigenvalue weighted by Gasteiger charge is 2.10.